The number of hydrogen-bond donors (Lipinski definition) is 1. The van der Waals surface area contributed by atoms with Gasteiger partial charge in [-0.2, -0.15) is 0 Å². The second kappa shape index (κ2) is 8.41. The van der Waals surface area contributed by atoms with Gasteiger partial charge in [-0.3, -0.25) is 9.99 Å². The van der Waals surface area contributed by atoms with E-state index in [4.69, 9.17) is 9.26 Å². The van der Waals surface area contributed by atoms with Crippen LogP contribution in [-0.4, -0.2) is 26.2 Å². The van der Waals surface area contributed by atoms with Crippen molar-refractivity contribution in [1.29, 1.82) is 0 Å². The Morgan fingerprint density at radius 1 is 1.07 bits per heavy atom. The fourth-order valence-corrected chi connectivity index (χ4v) is 3.14. The van der Waals surface area contributed by atoms with Crippen LogP contribution in [0.25, 0.3) is 16.8 Å². The molecule has 154 valence electrons. The summed E-state index contributed by atoms with van der Waals surface area (Å²) in [5.41, 5.74) is 9.11. The lowest BCUT2D eigenvalue weighted by molar-refractivity contribution is 0.232. The van der Waals surface area contributed by atoms with E-state index < -0.39 is 0 Å². The summed E-state index contributed by atoms with van der Waals surface area (Å²) in [4.78, 5) is 8.74. The van der Waals surface area contributed by atoms with Crippen LogP contribution in [0.4, 0.5) is 0 Å². The van der Waals surface area contributed by atoms with Gasteiger partial charge >= 0.3 is 0 Å². The molecule has 3 aromatic heterocycles. The standard InChI is InChI=1S/C23H25N5O2/c1-15(2)29-22-8-7-18(11-25-22)19-9-10-28(26-13-19)14-21-17(4)30-27-23(21)20-6-5-16(3)24-12-20/h5-13,15,26H,14H2,1-4H3. The van der Waals surface area contributed by atoms with Crippen molar-refractivity contribution in [3.05, 3.63) is 77.7 Å². The number of aryl methyl sites for hydroxylation is 2. The first-order valence-corrected chi connectivity index (χ1v) is 9.92. The molecule has 7 heteroatoms. The smallest absolute Gasteiger partial charge is 0.213 e. The summed E-state index contributed by atoms with van der Waals surface area (Å²) < 4.78 is 11.1. The summed E-state index contributed by atoms with van der Waals surface area (Å²) >= 11 is 0. The second-order valence-corrected chi connectivity index (χ2v) is 7.48. The number of ether oxygens (including phenoxy) is 1. The second-order valence-electron chi connectivity index (χ2n) is 7.48. The van der Waals surface area contributed by atoms with Gasteiger partial charge < -0.3 is 14.7 Å². The summed E-state index contributed by atoms with van der Waals surface area (Å²) in [6.45, 7) is 8.47. The van der Waals surface area contributed by atoms with E-state index in [0.717, 1.165) is 39.4 Å². The van der Waals surface area contributed by atoms with Crippen LogP contribution in [0.15, 0.2) is 59.7 Å². The maximum absolute atomic E-state index is 5.61. The zero-order valence-corrected chi connectivity index (χ0v) is 17.6. The van der Waals surface area contributed by atoms with Crippen LogP contribution in [0.2, 0.25) is 0 Å². The molecule has 0 bridgehead atoms. The van der Waals surface area contributed by atoms with E-state index in [2.05, 4.69) is 20.6 Å². The molecule has 0 fully saturated rings. The molecule has 0 amide bonds. The first-order valence-electron chi connectivity index (χ1n) is 9.92. The Balaban J connectivity index is 1.45. The number of hydrogen-bond acceptors (Lipinski definition) is 7. The molecule has 0 unspecified atom stereocenters. The number of aromatic nitrogens is 3. The van der Waals surface area contributed by atoms with Crippen molar-refractivity contribution < 1.29 is 9.26 Å². The molecule has 0 radical (unpaired) electrons. The topological polar surface area (TPSA) is 76.3 Å². The van der Waals surface area contributed by atoms with Gasteiger partial charge in [-0.05, 0) is 52.0 Å². The first kappa shape index (κ1) is 19.7. The van der Waals surface area contributed by atoms with Crippen LogP contribution in [0.5, 0.6) is 5.88 Å². The van der Waals surface area contributed by atoms with Crippen LogP contribution in [0.3, 0.4) is 0 Å². The van der Waals surface area contributed by atoms with Crippen LogP contribution >= 0.6 is 0 Å². The Bertz CT molecular complexity index is 1070. The number of nitrogens with zero attached hydrogens (tertiary/aromatic N) is 4. The Labute approximate surface area is 176 Å². The highest BCUT2D eigenvalue weighted by Crippen LogP contribution is 2.27. The van der Waals surface area contributed by atoms with Crippen molar-refractivity contribution in [1.82, 2.24) is 25.6 Å². The van der Waals surface area contributed by atoms with Gasteiger partial charge in [0.15, 0.2) is 0 Å². The SMILES string of the molecule is Cc1ccc(-c2noc(C)c2CN2C=CC(c3ccc(OC(C)C)nc3)=CN2)cn1. The lowest BCUT2D eigenvalue weighted by Gasteiger charge is -2.24. The maximum Gasteiger partial charge on any atom is 0.213 e. The Morgan fingerprint density at radius 2 is 1.87 bits per heavy atom. The molecule has 0 saturated heterocycles. The Kier molecular flexibility index (Phi) is 5.52. The lowest BCUT2D eigenvalue weighted by atomic mass is 10.1. The van der Waals surface area contributed by atoms with E-state index in [0.29, 0.717) is 12.4 Å². The van der Waals surface area contributed by atoms with Gasteiger partial charge in [0, 0.05) is 58.8 Å². The molecular formula is C23H25N5O2. The molecule has 0 spiro atoms. The highest BCUT2D eigenvalue weighted by molar-refractivity contribution is 5.74. The zero-order valence-electron chi connectivity index (χ0n) is 17.6. The average molecular weight is 403 g/mol. The minimum absolute atomic E-state index is 0.105. The van der Waals surface area contributed by atoms with Crippen LogP contribution in [0.1, 0.15) is 36.4 Å². The molecule has 3 aromatic rings. The van der Waals surface area contributed by atoms with Crippen LogP contribution in [-0.2, 0) is 6.54 Å². The Morgan fingerprint density at radius 3 is 2.50 bits per heavy atom. The summed E-state index contributed by atoms with van der Waals surface area (Å²) in [7, 11) is 0. The predicted octanol–water partition coefficient (Wildman–Crippen LogP) is 4.41. The molecule has 1 aliphatic rings. The van der Waals surface area contributed by atoms with E-state index in [1.807, 2.05) is 87.8 Å². The van der Waals surface area contributed by atoms with Gasteiger partial charge in [0.05, 0.1) is 12.6 Å². The van der Waals surface area contributed by atoms with Gasteiger partial charge in [-0.1, -0.05) is 5.16 Å². The van der Waals surface area contributed by atoms with Gasteiger partial charge in [-0.15, -0.1) is 0 Å². The summed E-state index contributed by atoms with van der Waals surface area (Å²) in [6.07, 6.45) is 9.75. The molecule has 4 heterocycles. The van der Waals surface area contributed by atoms with E-state index >= 15 is 0 Å². The van der Waals surface area contributed by atoms with Gasteiger partial charge in [0.1, 0.15) is 11.5 Å². The molecule has 1 N–H and O–H groups in total. The molecule has 0 saturated carbocycles. The third-order valence-corrected chi connectivity index (χ3v) is 4.74. The van der Waals surface area contributed by atoms with E-state index in [1.165, 1.54) is 0 Å². The fourth-order valence-electron chi connectivity index (χ4n) is 3.14. The Hall–Kier alpha value is -3.61. The van der Waals surface area contributed by atoms with Gasteiger partial charge in [0.25, 0.3) is 0 Å². The van der Waals surface area contributed by atoms with Crippen molar-refractivity contribution in [2.45, 2.75) is 40.3 Å². The monoisotopic (exact) mass is 403 g/mol. The minimum atomic E-state index is 0.105. The third-order valence-electron chi connectivity index (χ3n) is 4.74. The maximum atomic E-state index is 5.61. The molecule has 0 atom stereocenters. The number of pyridine rings is 2. The number of allylic oxidation sites excluding steroid dienone is 2. The number of hydrazine groups is 1. The highest BCUT2D eigenvalue weighted by atomic mass is 16.5. The number of rotatable bonds is 6. The largest absolute Gasteiger partial charge is 0.475 e. The van der Waals surface area contributed by atoms with Crippen molar-refractivity contribution in [2.24, 2.45) is 0 Å². The molecule has 4 rings (SSSR count). The van der Waals surface area contributed by atoms with Crippen LogP contribution < -0.4 is 10.2 Å². The fraction of sp³-hybridized carbons (Fsp3) is 0.261. The molecule has 30 heavy (non-hydrogen) atoms. The third kappa shape index (κ3) is 4.35. The molecular weight excluding hydrogens is 378 g/mol. The lowest BCUT2D eigenvalue weighted by Crippen LogP contribution is -2.30. The van der Waals surface area contributed by atoms with Gasteiger partial charge in [-0.25, -0.2) is 4.98 Å². The van der Waals surface area contributed by atoms with Crippen molar-refractivity contribution in [3.8, 4) is 17.1 Å². The zero-order chi connectivity index (χ0) is 21.1. The summed E-state index contributed by atoms with van der Waals surface area (Å²) in [5, 5.41) is 6.23. The quantitative estimate of drug-likeness (QED) is 0.653. The summed E-state index contributed by atoms with van der Waals surface area (Å²) in [6, 6.07) is 7.88. The van der Waals surface area contributed by atoms with E-state index in [9.17, 15) is 0 Å². The molecule has 1 aliphatic heterocycles. The average Bonchev–Trinajstić information content (AvgIpc) is 3.10. The first-order chi connectivity index (χ1) is 14.5. The molecule has 7 nitrogen and oxygen atoms in total. The van der Waals surface area contributed by atoms with Crippen molar-refractivity contribution in [3.63, 3.8) is 0 Å². The van der Waals surface area contributed by atoms with Crippen LogP contribution in [0, 0.1) is 13.8 Å². The highest BCUT2D eigenvalue weighted by Gasteiger charge is 2.18. The van der Waals surface area contributed by atoms with Crippen molar-refractivity contribution >= 4 is 5.57 Å². The molecule has 0 aliphatic carbocycles. The van der Waals surface area contributed by atoms with Crippen molar-refractivity contribution in [2.75, 3.05) is 0 Å². The van der Waals surface area contributed by atoms with E-state index in [1.54, 1.807) is 0 Å². The minimum Gasteiger partial charge on any atom is -0.475 e. The van der Waals surface area contributed by atoms with E-state index in [-0.39, 0.29) is 6.10 Å². The number of nitrogens with one attached hydrogen (secondary N) is 1. The normalized spacial score (nSPS) is 13.4. The predicted molar refractivity (Wildman–Crippen MR) is 115 cm³/mol. The van der Waals surface area contributed by atoms with Gasteiger partial charge in [0.2, 0.25) is 5.88 Å². The molecule has 0 aromatic carbocycles. The summed E-state index contributed by atoms with van der Waals surface area (Å²) in [5.74, 6) is 1.42.